The zero-order valence-electron chi connectivity index (χ0n) is 15.7. The van der Waals surface area contributed by atoms with Crippen LogP contribution in [0, 0.1) is 0 Å². The average Bonchev–Trinajstić information content (AvgIpc) is 2.73. The zero-order valence-corrected chi connectivity index (χ0v) is 16.6. The van der Waals surface area contributed by atoms with Gasteiger partial charge in [0.2, 0.25) is 0 Å². The number of carbonyl (C=O) groups is 1. The molecule has 0 fully saturated rings. The van der Waals surface area contributed by atoms with Crippen LogP contribution in [-0.4, -0.2) is 33.5 Å². The molecule has 9 heteroatoms. The van der Waals surface area contributed by atoms with Gasteiger partial charge in [0.05, 0.1) is 19.1 Å². The number of rotatable bonds is 7. The summed E-state index contributed by atoms with van der Waals surface area (Å²) < 4.78 is 37.8. The van der Waals surface area contributed by atoms with Crippen LogP contribution >= 0.6 is 0 Å². The van der Waals surface area contributed by atoms with Gasteiger partial charge in [0.1, 0.15) is 22.9 Å². The van der Waals surface area contributed by atoms with E-state index < -0.39 is 15.9 Å². The minimum absolute atomic E-state index is 0.0380. The lowest BCUT2D eigenvalue weighted by atomic mass is 10.1. The molecule has 3 rings (SSSR count). The minimum Gasteiger partial charge on any atom is -0.496 e. The molecule has 2 N–H and O–H groups in total. The van der Waals surface area contributed by atoms with Gasteiger partial charge in [-0.15, -0.1) is 0 Å². The summed E-state index contributed by atoms with van der Waals surface area (Å²) in [6, 6.07) is 15.7. The highest BCUT2D eigenvalue weighted by atomic mass is 32.2. The van der Waals surface area contributed by atoms with E-state index in [-0.39, 0.29) is 16.3 Å². The summed E-state index contributed by atoms with van der Waals surface area (Å²) in [4.78, 5) is 16.7. The minimum atomic E-state index is -3.80. The van der Waals surface area contributed by atoms with Crippen molar-refractivity contribution in [2.45, 2.75) is 4.90 Å². The lowest BCUT2D eigenvalue weighted by Crippen LogP contribution is -2.15. The predicted molar refractivity (Wildman–Crippen MR) is 109 cm³/mol. The van der Waals surface area contributed by atoms with Gasteiger partial charge in [0.15, 0.2) is 0 Å². The third-order valence-corrected chi connectivity index (χ3v) is 5.35. The molecular weight excluding hydrogens is 394 g/mol. The number of aromatic nitrogens is 1. The highest BCUT2D eigenvalue weighted by Gasteiger charge is 2.19. The Morgan fingerprint density at radius 1 is 0.897 bits per heavy atom. The second-order valence-corrected chi connectivity index (χ2v) is 7.52. The van der Waals surface area contributed by atoms with Crippen LogP contribution in [0.15, 0.2) is 71.8 Å². The molecule has 0 aliphatic carbocycles. The van der Waals surface area contributed by atoms with Crippen LogP contribution in [0.2, 0.25) is 0 Å². The molecule has 0 bridgehead atoms. The van der Waals surface area contributed by atoms with Crippen molar-refractivity contribution in [3.05, 3.63) is 72.4 Å². The first-order chi connectivity index (χ1) is 13.9. The van der Waals surface area contributed by atoms with E-state index in [0.29, 0.717) is 17.2 Å². The largest absolute Gasteiger partial charge is 0.496 e. The van der Waals surface area contributed by atoms with Crippen LogP contribution in [0.25, 0.3) is 0 Å². The number of carbonyl (C=O) groups excluding carboxylic acids is 1. The number of pyridine rings is 1. The van der Waals surface area contributed by atoms with Crippen LogP contribution in [0.5, 0.6) is 11.5 Å². The molecule has 2 aromatic carbocycles. The SMILES string of the molecule is COc1cccc(OC)c1C(=O)Nc1ccc(S(=O)(=O)Nc2ccccn2)cc1. The molecule has 1 heterocycles. The maximum Gasteiger partial charge on any atom is 0.263 e. The second kappa shape index (κ2) is 8.61. The van der Waals surface area contributed by atoms with Crippen LogP contribution < -0.4 is 19.5 Å². The Hall–Kier alpha value is -3.59. The summed E-state index contributed by atoms with van der Waals surface area (Å²) in [5.74, 6) is 0.496. The van der Waals surface area contributed by atoms with Crippen LogP contribution in [0.1, 0.15) is 10.4 Å². The van der Waals surface area contributed by atoms with Crippen molar-refractivity contribution in [3.8, 4) is 11.5 Å². The molecule has 0 saturated carbocycles. The van der Waals surface area contributed by atoms with E-state index in [1.165, 1.54) is 44.7 Å². The van der Waals surface area contributed by atoms with Crippen LogP contribution in [0.4, 0.5) is 11.5 Å². The van der Waals surface area contributed by atoms with Gasteiger partial charge in [-0.2, -0.15) is 0 Å². The maximum atomic E-state index is 12.7. The number of methoxy groups -OCH3 is 2. The molecule has 0 atom stereocenters. The van der Waals surface area contributed by atoms with Crippen molar-refractivity contribution >= 4 is 27.4 Å². The number of hydrogen-bond donors (Lipinski definition) is 2. The first kappa shape index (κ1) is 20.2. The number of hydrogen-bond acceptors (Lipinski definition) is 6. The molecule has 0 spiro atoms. The summed E-state index contributed by atoms with van der Waals surface area (Å²) >= 11 is 0. The van der Waals surface area contributed by atoms with Crippen molar-refractivity contribution in [2.24, 2.45) is 0 Å². The van der Waals surface area contributed by atoms with Gasteiger partial charge in [0, 0.05) is 11.9 Å². The van der Waals surface area contributed by atoms with Crippen molar-refractivity contribution < 1.29 is 22.7 Å². The van der Waals surface area contributed by atoms with Gasteiger partial charge in [-0.05, 0) is 48.5 Å². The zero-order chi connectivity index (χ0) is 20.9. The molecule has 29 heavy (non-hydrogen) atoms. The topological polar surface area (TPSA) is 107 Å². The Bertz CT molecular complexity index is 1080. The lowest BCUT2D eigenvalue weighted by Gasteiger charge is -2.13. The van der Waals surface area contributed by atoms with E-state index in [1.807, 2.05) is 0 Å². The molecule has 8 nitrogen and oxygen atoms in total. The second-order valence-electron chi connectivity index (χ2n) is 5.84. The fourth-order valence-electron chi connectivity index (χ4n) is 2.61. The van der Waals surface area contributed by atoms with Gasteiger partial charge in [-0.25, -0.2) is 13.4 Å². The molecule has 1 amide bonds. The lowest BCUT2D eigenvalue weighted by molar-refractivity contribution is 0.102. The number of ether oxygens (including phenoxy) is 2. The Morgan fingerprint density at radius 3 is 2.10 bits per heavy atom. The smallest absolute Gasteiger partial charge is 0.263 e. The first-order valence-electron chi connectivity index (χ1n) is 8.51. The van der Waals surface area contributed by atoms with Crippen molar-refractivity contribution in [3.63, 3.8) is 0 Å². The van der Waals surface area contributed by atoms with Crippen molar-refractivity contribution in [2.75, 3.05) is 24.3 Å². The Kier molecular flexibility index (Phi) is 5.99. The van der Waals surface area contributed by atoms with E-state index in [1.54, 1.807) is 36.4 Å². The van der Waals surface area contributed by atoms with Gasteiger partial charge in [-0.1, -0.05) is 12.1 Å². The molecule has 0 radical (unpaired) electrons. The number of sulfonamides is 1. The van der Waals surface area contributed by atoms with Crippen LogP contribution in [-0.2, 0) is 10.0 Å². The quantitative estimate of drug-likeness (QED) is 0.616. The van der Waals surface area contributed by atoms with Gasteiger partial charge in [-0.3, -0.25) is 9.52 Å². The summed E-state index contributed by atoms with van der Waals surface area (Å²) in [7, 11) is -0.881. The predicted octanol–water partition coefficient (Wildman–Crippen LogP) is 3.15. The number of amides is 1. The highest BCUT2D eigenvalue weighted by Crippen LogP contribution is 2.29. The summed E-state index contributed by atoms with van der Waals surface area (Å²) in [5.41, 5.74) is 0.658. The fraction of sp³-hybridized carbons (Fsp3) is 0.100. The van der Waals surface area contributed by atoms with Gasteiger partial charge < -0.3 is 14.8 Å². The summed E-state index contributed by atoms with van der Waals surface area (Å²) in [5, 5.41) is 2.71. The molecule has 150 valence electrons. The molecule has 0 saturated heterocycles. The Labute approximate surface area is 168 Å². The number of nitrogens with zero attached hydrogens (tertiary/aromatic N) is 1. The van der Waals surface area contributed by atoms with Gasteiger partial charge >= 0.3 is 0 Å². The van der Waals surface area contributed by atoms with Crippen molar-refractivity contribution in [1.29, 1.82) is 0 Å². The van der Waals surface area contributed by atoms with E-state index >= 15 is 0 Å². The molecule has 0 aliphatic heterocycles. The van der Waals surface area contributed by atoms with E-state index in [4.69, 9.17) is 9.47 Å². The highest BCUT2D eigenvalue weighted by molar-refractivity contribution is 7.92. The molecular formula is C20H19N3O5S. The third kappa shape index (κ3) is 4.64. The molecule has 0 aliphatic rings. The summed E-state index contributed by atoms with van der Waals surface area (Å²) in [6.45, 7) is 0. The Balaban J connectivity index is 1.78. The summed E-state index contributed by atoms with van der Waals surface area (Å²) in [6.07, 6.45) is 1.49. The maximum absolute atomic E-state index is 12.7. The van der Waals surface area contributed by atoms with Gasteiger partial charge in [0.25, 0.3) is 15.9 Å². The van der Waals surface area contributed by atoms with E-state index in [2.05, 4.69) is 15.0 Å². The average molecular weight is 413 g/mol. The number of benzene rings is 2. The van der Waals surface area contributed by atoms with Crippen LogP contribution in [0.3, 0.4) is 0 Å². The normalized spacial score (nSPS) is 10.8. The molecule has 3 aromatic rings. The standard InChI is InChI=1S/C20H19N3O5S/c1-27-16-6-5-7-17(28-2)19(16)20(24)22-14-9-11-15(12-10-14)29(25,26)23-18-8-3-4-13-21-18/h3-13H,1-2H3,(H,21,23)(H,22,24). The Morgan fingerprint density at radius 2 is 1.55 bits per heavy atom. The monoisotopic (exact) mass is 413 g/mol. The van der Waals surface area contributed by atoms with E-state index in [0.717, 1.165) is 0 Å². The third-order valence-electron chi connectivity index (χ3n) is 3.98. The fourth-order valence-corrected chi connectivity index (χ4v) is 3.61. The number of nitrogens with one attached hydrogen (secondary N) is 2. The number of anilines is 2. The molecule has 0 unspecified atom stereocenters. The van der Waals surface area contributed by atoms with E-state index in [9.17, 15) is 13.2 Å². The first-order valence-corrected chi connectivity index (χ1v) is 9.99. The van der Waals surface area contributed by atoms with Crippen molar-refractivity contribution in [1.82, 2.24) is 4.98 Å². The molecule has 1 aromatic heterocycles.